The van der Waals surface area contributed by atoms with Gasteiger partial charge in [0.2, 0.25) is 10.0 Å². The van der Waals surface area contributed by atoms with Crippen LogP contribution in [0.2, 0.25) is 0 Å². The molecule has 0 aliphatic heterocycles. The molecule has 0 spiro atoms. The third-order valence-corrected chi connectivity index (χ3v) is 5.68. The second-order valence-electron chi connectivity index (χ2n) is 7.69. The standard InChI is InChI=1S/C20H36N4O3S/c1-6-21-19(22-13-8-14-24-28(26,27)7-2)23-15-18(25)16-9-11-17(12-10-16)20(3,4)5/h9-12,18,24-25H,6-8,13-15H2,1-5H3,(H2,21,22,23). The molecule has 0 aromatic heterocycles. The van der Waals surface area contributed by atoms with Crippen LogP contribution in [-0.4, -0.2) is 51.4 Å². The topological polar surface area (TPSA) is 103 Å². The molecule has 0 aliphatic carbocycles. The Morgan fingerprint density at radius 3 is 2.29 bits per heavy atom. The van der Waals surface area contributed by atoms with Crippen LogP contribution in [0.5, 0.6) is 0 Å². The Balaban J connectivity index is 2.54. The Morgan fingerprint density at radius 1 is 1.11 bits per heavy atom. The van der Waals surface area contributed by atoms with Crippen molar-refractivity contribution in [3.05, 3.63) is 35.4 Å². The molecule has 0 radical (unpaired) electrons. The van der Waals surface area contributed by atoms with Crippen molar-refractivity contribution in [2.45, 2.75) is 52.6 Å². The first-order chi connectivity index (χ1) is 13.1. The summed E-state index contributed by atoms with van der Waals surface area (Å²) in [5.74, 6) is 0.685. The van der Waals surface area contributed by atoms with Crippen LogP contribution in [0.25, 0.3) is 0 Å². The number of guanidine groups is 1. The molecule has 1 rings (SSSR count). The molecule has 1 unspecified atom stereocenters. The van der Waals surface area contributed by atoms with Crippen molar-refractivity contribution in [2.75, 3.05) is 31.9 Å². The lowest BCUT2D eigenvalue weighted by Gasteiger charge is -2.20. The van der Waals surface area contributed by atoms with Crippen molar-refractivity contribution in [1.82, 2.24) is 15.4 Å². The van der Waals surface area contributed by atoms with Crippen molar-refractivity contribution in [3.63, 3.8) is 0 Å². The summed E-state index contributed by atoms with van der Waals surface area (Å²) in [4.78, 5) is 4.43. The van der Waals surface area contributed by atoms with Crippen LogP contribution in [0.15, 0.2) is 29.3 Å². The monoisotopic (exact) mass is 412 g/mol. The number of hydrogen-bond acceptors (Lipinski definition) is 4. The van der Waals surface area contributed by atoms with Gasteiger partial charge in [-0.05, 0) is 36.8 Å². The minimum atomic E-state index is -3.15. The number of nitrogens with zero attached hydrogens (tertiary/aromatic N) is 1. The van der Waals surface area contributed by atoms with Gasteiger partial charge in [0, 0.05) is 19.6 Å². The second kappa shape index (κ2) is 11.4. The molecule has 1 aromatic rings. The van der Waals surface area contributed by atoms with Gasteiger partial charge in [-0.25, -0.2) is 13.1 Å². The molecule has 0 saturated heterocycles. The molecule has 1 aromatic carbocycles. The molecule has 0 heterocycles. The third kappa shape index (κ3) is 9.03. The fourth-order valence-corrected chi connectivity index (χ4v) is 3.11. The Hall–Kier alpha value is -1.64. The second-order valence-corrected chi connectivity index (χ2v) is 9.78. The summed E-state index contributed by atoms with van der Waals surface area (Å²) >= 11 is 0. The SMILES string of the molecule is CCNC(=NCC(O)c1ccc(C(C)(C)C)cc1)NCCCNS(=O)(=O)CC. The van der Waals surface area contributed by atoms with Gasteiger partial charge in [-0.3, -0.25) is 4.99 Å². The molecule has 8 heteroatoms. The maximum atomic E-state index is 11.4. The number of aliphatic hydroxyl groups excluding tert-OH is 1. The van der Waals surface area contributed by atoms with Gasteiger partial charge >= 0.3 is 0 Å². The number of aliphatic hydroxyl groups is 1. The van der Waals surface area contributed by atoms with E-state index in [0.717, 1.165) is 5.56 Å². The molecule has 0 aliphatic rings. The quantitative estimate of drug-likeness (QED) is 0.267. The van der Waals surface area contributed by atoms with Gasteiger partial charge in [-0.2, -0.15) is 0 Å². The lowest BCUT2D eigenvalue weighted by molar-refractivity contribution is 0.187. The Kier molecular flexibility index (Phi) is 9.92. The number of benzene rings is 1. The highest BCUT2D eigenvalue weighted by Gasteiger charge is 2.14. The van der Waals surface area contributed by atoms with Gasteiger partial charge in [-0.1, -0.05) is 45.0 Å². The smallest absolute Gasteiger partial charge is 0.211 e. The molecule has 0 bridgehead atoms. The summed E-state index contributed by atoms with van der Waals surface area (Å²) in [5, 5.41) is 16.7. The molecular weight excluding hydrogens is 376 g/mol. The molecule has 0 fully saturated rings. The van der Waals surface area contributed by atoms with E-state index in [1.54, 1.807) is 6.92 Å². The highest BCUT2D eigenvalue weighted by molar-refractivity contribution is 7.89. The fourth-order valence-electron chi connectivity index (χ4n) is 2.46. The summed E-state index contributed by atoms with van der Waals surface area (Å²) in [6, 6.07) is 7.98. The average molecular weight is 413 g/mol. The maximum Gasteiger partial charge on any atom is 0.211 e. The lowest BCUT2D eigenvalue weighted by atomic mass is 9.86. The zero-order chi connectivity index (χ0) is 21.2. The number of hydrogen-bond donors (Lipinski definition) is 4. The van der Waals surface area contributed by atoms with Crippen LogP contribution >= 0.6 is 0 Å². The number of aliphatic imine (C=N–C) groups is 1. The first kappa shape index (κ1) is 24.4. The van der Waals surface area contributed by atoms with Gasteiger partial charge in [0.1, 0.15) is 0 Å². The van der Waals surface area contributed by atoms with Gasteiger partial charge in [0.05, 0.1) is 18.4 Å². The molecule has 4 N–H and O–H groups in total. The van der Waals surface area contributed by atoms with E-state index >= 15 is 0 Å². The zero-order valence-corrected chi connectivity index (χ0v) is 18.6. The summed E-state index contributed by atoms with van der Waals surface area (Å²) in [5.41, 5.74) is 2.14. The summed E-state index contributed by atoms with van der Waals surface area (Å²) in [6.45, 7) is 11.9. The van der Waals surface area contributed by atoms with Gasteiger partial charge in [-0.15, -0.1) is 0 Å². The minimum Gasteiger partial charge on any atom is -0.386 e. The Labute approximate surface area is 170 Å². The number of rotatable bonds is 10. The first-order valence-corrected chi connectivity index (χ1v) is 11.5. The highest BCUT2D eigenvalue weighted by Crippen LogP contribution is 2.24. The predicted octanol–water partition coefficient (Wildman–Crippen LogP) is 1.90. The van der Waals surface area contributed by atoms with Crippen LogP contribution in [0.4, 0.5) is 0 Å². The Morgan fingerprint density at radius 2 is 1.75 bits per heavy atom. The predicted molar refractivity (Wildman–Crippen MR) is 116 cm³/mol. The van der Waals surface area contributed by atoms with E-state index in [2.05, 4.69) is 41.1 Å². The summed E-state index contributed by atoms with van der Waals surface area (Å²) in [6.07, 6.45) is -0.0404. The van der Waals surface area contributed by atoms with Crippen LogP contribution in [0.3, 0.4) is 0 Å². The normalized spacial score (nSPS) is 14.0. The molecule has 28 heavy (non-hydrogen) atoms. The maximum absolute atomic E-state index is 11.4. The highest BCUT2D eigenvalue weighted by atomic mass is 32.2. The van der Waals surface area contributed by atoms with Gasteiger partial charge in [0.25, 0.3) is 0 Å². The molecular formula is C20H36N4O3S. The third-order valence-electron chi connectivity index (χ3n) is 4.28. The van der Waals surface area contributed by atoms with E-state index in [-0.39, 0.29) is 17.7 Å². The number of sulfonamides is 1. The van der Waals surface area contributed by atoms with E-state index in [0.29, 0.717) is 32.0 Å². The number of nitrogens with one attached hydrogen (secondary N) is 3. The molecule has 1 atom stereocenters. The first-order valence-electron chi connectivity index (χ1n) is 9.87. The zero-order valence-electron chi connectivity index (χ0n) is 17.7. The minimum absolute atomic E-state index is 0.0785. The van der Waals surface area contributed by atoms with Crippen LogP contribution < -0.4 is 15.4 Å². The van der Waals surface area contributed by atoms with E-state index in [9.17, 15) is 13.5 Å². The summed E-state index contributed by atoms with van der Waals surface area (Å²) in [7, 11) is -3.15. The van der Waals surface area contributed by atoms with E-state index in [4.69, 9.17) is 0 Å². The van der Waals surface area contributed by atoms with Gasteiger partial charge < -0.3 is 15.7 Å². The molecule has 160 valence electrons. The molecule has 7 nitrogen and oxygen atoms in total. The lowest BCUT2D eigenvalue weighted by Crippen LogP contribution is -2.39. The van der Waals surface area contributed by atoms with Crippen LogP contribution in [0, 0.1) is 0 Å². The van der Waals surface area contributed by atoms with Crippen LogP contribution in [0.1, 0.15) is 58.3 Å². The van der Waals surface area contributed by atoms with Crippen molar-refractivity contribution < 1.29 is 13.5 Å². The molecule has 0 amide bonds. The van der Waals surface area contributed by atoms with E-state index in [1.165, 1.54) is 5.56 Å². The van der Waals surface area contributed by atoms with E-state index < -0.39 is 16.1 Å². The van der Waals surface area contributed by atoms with Crippen molar-refractivity contribution in [2.24, 2.45) is 4.99 Å². The van der Waals surface area contributed by atoms with Crippen molar-refractivity contribution in [1.29, 1.82) is 0 Å². The van der Waals surface area contributed by atoms with Crippen molar-refractivity contribution >= 4 is 16.0 Å². The van der Waals surface area contributed by atoms with E-state index in [1.807, 2.05) is 31.2 Å². The fraction of sp³-hybridized carbons (Fsp3) is 0.650. The molecule has 0 saturated carbocycles. The van der Waals surface area contributed by atoms with Gasteiger partial charge in [0.15, 0.2) is 5.96 Å². The summed E-state index contributed by atoms with van der Waals surface area (Å²) < 4.78 is 25.3. The average Bonchev–Trinajstić information content (AvgIpc) is 2.64. The van der Waals surface area contributed by atoms with Crippen LogP contribution in [-0.2, 0) is 15.4 Å². The van der Waals surface area contributed by atoms with Crippen molar-refractivity contribution in [3.8, 4) is 0 Å². The Bertz CT molecular complexity index is 710. The largest absolute Gasteiger partial charge is 0.386 e.